The van der Waals surface area contributed by atoms with Gasteiger partial charge in [-0.3, -0.25) is 9.80 Å². The van der Waals surface area contributed by atoms with E-state index in [0.29, 0.717) is 53.7 Å². The summed E-state index contributed by atoms with van der Waals surface area (Å²) in [6, 6.07) is 9.54. The molecular weight excluding hydrogens is 559 g/mol. The van der Waals surface area contributed by atoms with Crippen molar-refractivity contribution in [1.29, 1.82) is 0 Å². The Morgan fingerprint density at radius 2 is 1.98 bits per heavy atom. The van der Waals surface area contributed by atoms with Gasteiger partial charge >= 0.3 is 0 Å². The van der Waals surface area contributed by atoms with Gasteiger partial charge in [-0.1, -0.05) is 24.6 Å². The summed E-state index contributed by atoms with van der Waals surface area (Å²) in [5.41, 5.74) is 4.51. The largest absolute Gasteiger partial charge is 0.494 e. The van der Waals surface area contributed by atoms with Gasteiger partial charge in [-0.15, -0.1) is 0 Å². The fraction of sp³-hybridized carbons (Fsp3) is 0.484. The van der Waals surface area contributed by atoms with Gasteiger partial charge in [0, 0.05) is 43.5 Å². The Morgan fingerprint density at radius 3 is 2.74 bits per heavy atom. The van der Waals surface area contributed by atoms with E-state index < -0.39 is 0 Å². The predicted octanol–water partition coefficient (Wildman–Crippen LogP) is 5.16. The van der Waals surface area contributed by atoms with Crippen molar-refractivity contribution in [2.75, 3.05) is 63.7 Å². The lowest BCUT2D eigenvalue weighted by Crippen LogP contribution is -2.43. The number of aryl methyl sites for hydroxylation is 1. The van der Waals surface area contributed by atoms with Crippen molar-refractivity contribution < 1.29 is 19.0 Å². The van der Waals surface area contributed by atoms with Crippen molar-refractivity contribution in [3.05, 3.63) is 64.1 Å². The number of aliphatic hydroxyl groups is 1. The number of aliphatic hydroxyl groups excluding tert-OH is 1. The zero-order chi connectivity index (χ0) is 29.5. The molecule has 2 aliphatic rings. The van der Waals surface area contributed by atoms with E-state index in [4.69, 9.17) is 21.1 Å². The number of nitrogens with one attached hydrogen (secondary N) is 2. The van der Waals surface area contributed by atoms with Crippen LogP contribution in [0.1, 0.15) is 36.5 Å². The maximum absolute atomic E-state index is 14.6. The fourth-order valence-corrected chi connectivity index (χ4v) is 6.01. The zero-order valence-electron chi connectivity index (χ0n) is 24.3. The Kier molecular flexibility index (Phi) is 10.5. The molecule has 9 nitrogen and oxygen atoms in total. The standard InChI is InChI=1S/C31H40ClFN6O3/c1-3-38(12-15-40)20-22-18-23(6-10-27(22)33)35-30-26(32)19-34-31(37-30)36-28-11-5-21-4-7-24(39-13-16-42-17-14-39)8-9-25(21)29(28)41-2/h5-6,10-11,18-19,24,40H,3-4,7-9,12-17,20H2,1-2H3,(H2,34,35,36,37). The third kappa shape index (κ3) is 7.30. The molecule has 0 radical (unpaired) electrons. The van der Waals surface area contributed by atoms with E-state index in [1.807, 2.05) is 17.9 Å². The number of nitrogens with zero attached hydrogens (tertiary/aromatic N) is 4. The highest BCUT2D eigenvalue weighted by Crippen LogP contribution is 2.38. The molecule has 5 rings (SSSR count). The number of ether oxygens (including phenoxy) is 2. The molecule has 3 N–H and O–H groups in total. The third-order valence-corrected chi connectivity index (χ3v) is 8.43. The number of methoxy groups -OCH3 is 1. The lowest BCUT2D eigenvalue weighted by molar-refractivity contribution is 0.0136. The highest BCUT2D eigenvalue weighted by atomic mass is 35.5. The SMILES string of the molecule is CCN(CCO)Cc1cc(Nc2nc(Nc3ccc4c(c3OC)CCC(N3CCOCC3)CC4)ncc2Cl)ccc1F. The minimum absolute atomic E-state index is 0.0175. The summed E-state index contributed by atoms with van der Waals surface area (Å²) in [5, 5.41) is 16.2. The number of benzene rings is 2. The van der Waals surface area contributed by atoms with E-state index in [9.17, 15) is 9.50 Å². The minimum Gasteiger partial charge on any atom is -0.494 e. The maximum atomic E-state index is 14.6. The fourth-order valence-electron chi connectivity index (χ4n) is 5.87. The second kappa shape index (κ2) is 14.4. The van der Waals surface area contributed by atoms with Crippen LogP contribution >= 0.6 is 11.6 Å². The number of halogens is 2. The second-order valence-electron chi connectivity index (χ2n) is 10.7. The van der Waals surface area contributed by atoms with Gasteiger partial charge in [0.05, 0.1) is 38.8 Å². The summed E-state index contributed by atoms with van der Waals surface area (Å²) in [5.74, 6) is 1.27. The molecule has 1 unspecified atom stereocenters. The van der Waals surface area contributed by atoms with Crippen molar-refractivity contribution in [1.82, 2.24) is 19.8 Å². The summed E-state index contributed by atoms with van der Waals surface area (Å²) in [7, 11) is 1.70. The Morgan fingerprint density at radius 1 is 1.17 bits per heavy atom. The first-order valence-corrected chi connectivity index (χ1v) is 15.1. The van der Waals surface area contributed by atoms with Crippen LogP contribution in [0.3, 0.4) is 0 Å². The summed E-state index contributed by atoms with van der Waals surface area (Å²) in [4.78, 5) is 13.6. The van der Waals surface area contributed by atoms with Gasteiger partial charge in [-0.25, -0.2) is 9.37 Å². The number of hydrogen-bond donors (Lipinski definition) is 3. The van der Waals surface area contributed by atoms with Crippen LogP contribution in [0, 0.1) is 5.82 Å². The molecule has 1 aliphatic carbocycles. The molecule has 0 bridgehead atoms. The summed E-state index contributed by atoms with van der Waals surface area (Å²) in [6.45, 7) is 7.16. The Hall–Kier alpha value is -3.02. The number of aromatic nitrogens is 2. The number of likely N-dealkylation sites (N-methyl/N-ethyl adjacent to an activating group) is 1. The topological polar surface area (TPSA) is 95.0 Å². The second-order valence-corrected chi connectivity index (χ2v) is 11.1. The van der Waals surface area contributed by atoms with Crippen LogP contribution in [-0.2, 0) is 24.1 Å². The summed E-state index contributed by atoms with van der Waals surface area (Å²) < 4.78 is 26.1. The van der Waals surface area contributed by atoms with Crippen LogP contribution in [0.15, 0.2) is 36.5 Å². The summed E-state index contributed by atoms with van der Waals surface area (Å²) >= 11 is 6.46. The van der Waals surface area contributed by atoms with Crippen molar-refractivity contribution in [3.8, 4) is 5.75 Å². The predicted molar refractivity (Wildman–Crippen MR) is 164 cm³/mol. The molecule has 2 heterocycles. The van der Waals surface area contributed by atoms with Crippen molar-refractivity contribution in [2.24, 2.45) is 0 Å². The van der Waals surface area contributed by atoms with Crippen LogP contribution in [0.4, 0.5) is 27.5 Å². The van der Waals surface area contributed by atoms with Crippen molar-refractivity contribution >= 4 is 34.7 Å². The van der Waals surface area contributed by atoms with E-state index in [-0.39, 0.29) is 12.4 Å². The molecule has 0 saturated carbocycles. The van der Waals surface area contributed by atoms with E-state index in [1.165, 1.54) is 23.4 Å². The first-order valence-electron chi connectivity index (χ1n) is 14.7. The number of rotatable bonds is 11. The lowest BCUT2D eigenvalue weighted by Gasteiger charge is -2.34. The molecular formula is C31H40ClFN6O3. The molecule has 1 aromatic heterocycles. The quantitative estimate of drug-likeness (QED) is 0.259. The molecule has 3 aromatic rings. The van der Waals surface area contributed by atoms with Gasteiger partial charge < -0.3 is 25.2 Å². The molecule has 0 amide bonds. The Labute approximate surface area is 252 Å². The minimum atomic E-state index is -0.306. The van der Waals surface area contributed by atoms with Gasteiger partial charge in [-0.2, -0.15) is 4.98 Å². The van der Waals surface area contributed by atoms with Gasteiger partial charge in [0.1, 0.15) is 16.6 Å². The number of anilines is 4. The molecule has 1 saturated heterocycles. The van der Waals surface area contributed by atoms with Crippen molar-refractivity contribution in [3.63, 3.8) is 0 Å². The molecule has 11 heteroatoms. The van der Waals surface area contributed by atoms with Crippen LogP contribution in [-0.4, -0.2) is 84.0 Å². The van der Waals surface area contributed by atoms with E-state index in [2.05, 4.69) is 31.6 Å². The molecule has 2 aromatic carbocycles. The van der Waals surface area contributed by atoms with Gasteiger partial charge in [0.15, 0.2) is 5.82 Å². The van der Waals surface area contributed by atoms with Crippen LogP contribution in [0.5, 0.6) is 5.75 Å². The highest BCUT2D eigenvalue weighted by molar-refractivity contribution is 6.32. The molecule has 1 aliphatic heterocycles. The van der Waals surface area contributed by atoms with E-state index >= 15 is 0 Å². The molecule has 0 spiro atoms. The molecule has 1 atom stereocenters. The average molecular weight is 599 g/mol. The van der Waals surface area contributed by atoms with Gasteiger partial charge in [0.2, 0.25) is 5.95 Å². The van der Waals surface area contributed by atoms with Crippen LogP contribution < -0.4 is 15.4 Å². The van der Waals surface area contributed by atoms with Crippen LogP contribution in [0.25, 0.3) is 0 Å². The number of fused-ring (bicyclic) bond motifs is 1. The first-order chi connectivity index (χ1) is 20.5. The number of morpholine rings is 1. The average Bonchev–Trinajstić information content (AvgIpc) is 3.23. The molecule has 42 heavy (non-hydrogen) atoms. The van der Waals surface area contributed by atoms with E-state index in [0.717, 1.165) is 63.4 Å². The Balaban J connectivity index is 1.32. The Bertz CT molecular complexity index is 1360. The third-order valence-electron chi connectivity index (χ3n) is 8.15. The van der Waals surface area contributed by atoms with Crippen molar-refractivity contribution in [2.45, 2.75) is 45.2 Å². The molecule has 1 fully saturated rings. The zero-order valence-corrected chi connectivity index (χ0v) is 25.1. The smallest absolute Gasteiger partial charge is 0.229 e. The highest BCUT2D eigenvalue weighted by Gasteiger charge is 2.26. The van der Waals surface area contributed by atoms with E-state index in [1.54, 1.807) is 19.2 Å². The van der Waals surface area contributed by atoms with Crippen LogP contribution in [0.2, 0.25) is 5.02 Å². The maximum Gasteiger partial charge on any atom is 0.229 e. The normalized spacial score (nSPS) is 17.5. The summed E-state index contributed by atoms with van der Waals surface area (Å²) in [6.07, 6.45) is 5.68. The number of hydrogen-bond acceptors (Lipinski definition) is 9. The van der Waals surface area contributed by atoms with Gasteiger partial charge in [-0.05, 0) is 67.6 Å². The monoisotopic (exact) mass is 598 g/mol. The first kappa shape index (κ1) is 30.4. The lowest BCUT2D eigenvalue weighted by atomic mass is 10.0. The van der Waals surface area contributed by atoms with Gasteiger partial charge in [0.25, 0.3) is 0 Å². The molecule has 226 valence electrons.